The van der Waals surface area contributed by atoms with Gasteiger partial charge in [-0.05, 0) is 14.1 Å². The Hall–Kier alpha value is 1.46. The third-order valence-electron chi connectivity index (χ3n) is 0.354. The minimum Gasteiger partial charge on any atom is -0.323 e. The average molecular weight is 240 g/mol. The van der Waals surface area contributed by atoms with Gasteiger partial charge in [0.2, 0.25) is 0 Å². The molecule has 0 aromatic carbocycles. The lowest BCUT2D eigenvalue weighted by atomic mass is 10.6. The minimum atomic E-state index is 0. The van der Waals surface area contributed by atoms with Gasteiger partial charge in [-0.1, -0.05) is 6.92 Å². The van der Waals surface area contributed by atoms with Crippen LogP contribution in [0.5, 0.6) is 0 Å². The summed E-state index contributed by atoms with van der Waals surface area (Å²) in [4.78, 5) is 0. The Balaban J connectivity index is -0.0000000575. The van der Waals surface area contributed by atoms with Gasteiger partial charge in [0.25, 0.3) is 4.55 Å². The van der Waals surface area contributed by atoms with Crippen LogP contribution in [-0.4, -0.2) is 35.8 Å². The van der Waals surface area contributed by atoms with Gasteiger partial charge in [0.15, 0.2) is 0 Å². The normalized spacial score (nSPS) is 6.00. The standard InChI is InChI=1S/C3H7.C2H7N.HI.Mg/c2*1-3-2;;/h1,3H2,2H3;3H,1-2H3;1H;/q;;;+2. The van der Waals surface area contributed by atoms with E-state index in [4.69, 9.17) is 0 Å². The second kappa shape index (κ2) is 23.7. The summed E-state index contributed by atoms with van der Waals surface area (Å²) < 4.78 is 1.35. The van der Waals surface area contributed by atoms with Crippen molar-refractivity contribution >= 4 is 45.7 Å². The first-order chi connectivity index (χ1) is 3.33. The van der Waals surface area contributed by atoms with Crippen LogP contribution >= 0.6 is 24.0 Å². The Labute approximate surface area is 82.5 Å². The zero-order valence-electron chi connectivity index (χ0n) is 6.03. The lowest BCUT2D eigenvalue weighted by molar-refractivity contribution is 1.02. The van der Waals surface area contributed by atoms with E-state index in [-0.39, 0.29) is 24.0 Å². The molecule has 0 aliphatic heterocycles. The zero-order valence-corrected chi connectivity index (χ0v) is 9.77. The molecular weight excluding hydrogens is 225 g/mol. The molecule has 0 rings (SSSR count). The fourth-order valence-electron chi connectivity index (χ4n) is 0. The van der Waals surface area contributed by atoms with E-state index in [9.17, 15) is 0 Å². The van der Waals surface area contributed by atoms with Crippen molar-refractivity contribution in [2.45, 2.75) is 17.9 Å². The van der Waals surface area contributed by atoms with Crippen LogP contribution in [0.3, 0.4) is 0 Å². The summed E-state index contributed by atoms with van der Waals surface area (Å²) in [6, 6.07) is 0. The number of halogens is 1. The van der Waals surface area contributed by atoms with E-state index in [1.807, 2.05) is 35.8 Å². The number of hydrogen-bond donors (Lipinski definition) is 1. The molecular formula is C5H15IMgN+2. The van der Waals surface area contributed by atoms with Crippen molar-refractivity contribution in [3.63, 3.8) is 0 Å². The summed E-state index contributed by atoms with van der Waals surface area (Å²) in [6.07, 6.45) is 1.33. The van der Waals surface area contributed by atoms with Crippen molar-refractivity contribution in [3.8, 4) is 0 Å². The molecule has 0 aliphatic carbocycles. The second-order valence-electron chi connectivity index (χ2n) is 1.35. The summed E-state index contributed by atoms with van der Waals surface area (Å²) in [5.41, 5.74) is 0. The molecule has 0 saturated heterocycles. The molecule has 0 fully saturated rings. The largest absolute Gasteiger partial charge is 1.41 e. The monoisotopic (exact) mass is 240 g/mol. The van der Waals surface area contributed by atoms with Crippen LogP contribution in [0.4, 0.5) is 0 Å². The number of hydrogen-bond acceptors (Lipinski definition) is 1. The molecule has 0 aliphatic rings. The van der Waals surface area contributed by atoms with Gasteiger partial charge >= 0.3 is 21.7 Å². The molecule has 7 radical (unpaired) electrons. The van der Waals surface area contributed by atoms with E-state index in [0.29, 0.717) is 0 Å². The first-order valence-electron chi connectivity index (χ1n) is 2.71. The van der Waals surface area contributed by atoms with Crippen molar-refractivity contribution in [1.82, 2.24) is 5.32 Å². The van der Waals surface area contributed by atoms with Gasteiger partial charge in [-0.15, -0.1) is 24.0 Å². The first kappa shape index (κ1) is 16.2. The summed E-state index contributed by atoms with van der Waals surface area (Å²) in [7, 11) is 3.75. The van der Waals surface area contributed by atoms with Gasteiger partial charge in [-0.2, -0.15) is 0 Å². The maximum atomic E-state index is 2.75. The van der Waals surface area contributed by atoms with Crippen molar-refractivity contribution in [1.29, 1.82) is 0 Å². The topological polar surface area (TPSA) is 12.0 Å². The maximum Gasteiger partial charge on any atom is 1.41 e. The van der Waals surface area contributed by atoms with E-state index < -0.39 is 0 Å². The van der Waals surface area contributed by atoms with Crippen molar-refractivity contribution in [2.75, 3.05) is 14.1 Å². The number of nitrogens with one attached hydrogen (secondary N) is 1. The van der Waals surface area contributed by atoms with Crippen LogP contribution in [-0.2, 0) is 0 Å². The summed E-state index contributed by atoms with van der Waals surface area (Å²) in [5, 5.41) is 2.75. The molecule has 3 heteroatoms. The van der Waals surface area contributed by atoms with Crippen molar-refractivity contribution < 1.29 is 0 Å². The highest BCUT2D eigenvalue weighted by molar-refractivity contribution is 14.0. The third kappa shape index (κ3) is 51.5. The molecule has 0 saturated carbocycles. The number of rotatable bonds is 1. The lowest BCUT2D eigenvalue weighted by Crippen LogP contribution is -1.89. The average Bonchev–Trinajstić information content (AvgIpc) is 1.69. The predicted octanol–water partition coefficient (Wildman–Crippen LogP) is 1.44. The molecule has 0 bridgehead atoms. The molecule has 0 atom stereocenters. The molecule has 1 N–H and O–H groups in total. The Kier molecular flexibility index (Phi) is 48.0. The van der Waals surface area contributed by atoms with Crippen molar-refractivity contribution in [2.24, 2.45) is 0 Å². The summed E-state index contributed by atoms with van der Waals surface area (Å²) in [5.74, 6) is 0. The predicted molar refractivity (Wildman–Crippen MR) is 51.3 cm³/mol. The highest BCUT2D eigenvalue weighted by Gasteiger charge is 2.17. The Morgan fingerprint density at radius 2 is 1.50 bits per heavy atom. The molecule has 0 unspecified atom stereocenters. The van der Waals surface area contributed by atoms with Crippen LogP contribution in [0, 0.1) is 0 Å². The molecule has 0 amide bonds. The Bertz CT molecular complexity index is 19.9. The quantitative estimate of drug-likeness (QED) is 0.540. The highest BCUT2D eigenvalue weighted by Crippen LogP contribution is 1.73. The molecule has 0 aromatic heterocycles. The van der Waals surface area contributed by atoms with Crippen LogP contribution < -0.4 is 5.32 Å². The van der Waals surface area contributed by atoms with Gasteiger partial charge in [0, 0.05) is 6.42 Å². The van der Waals surface area contributed by atoms with Gasteiger partial charge < -0.3 is 5.32 Å². The van der Waals surface area contributed by atoms with E-state index >= 15 is 0 Å². The molecule has 0 aromatic rings. The first-order valence-corrected chi connectivity index (χ1v) is 3.71. The van der Waals surface area contributed by atoms with E-state index in [0.717, 1.165) is 0 Å². The molecule has 0 heterocycles. The maximum absolute atomic E-state index is 2.75. The highest BCUT2D eigenvalue weighted by atomic mass is 127. The van der Waals surface area contributed by atoms with Gasteiger partial charge in [0.05, 0.1) is 0 Å². The van der Waals surface area contributed by atoms with Crippen LogP contribution in [0.2, 0.25) is 4.55 Å². The molecule has 1 nitrogen and oxygen atoms in total. The van der Waals surface area contributed by atoms with E-state index in [2.05, 4.69) is 12.2 Å². The Morgan fingerprint density at radius 3 is 1.50 bits per heavy atom. The SMILES string of the molecule is CC[CH2][Mg+2].CNC.I. The van der Waals surface area contributed by atoms with Crippen molar-refractivity contribution in [3.05, 3.63) is 0 Å². The Morgan fingerprint density at radius 1 is 1.38 bits per heavy atom. The molecule has 47 valence electrons. The van der Waals surface area contributed by atoms with Crippen LogP contribution in [0.15, 0.2) is 0 Å². The fourth-order valence-corrected chi connectivity index (χ4v) is 0. The summed E-state index contributed by atoms with van der Waals surface area (Å²) in [6.45, 7) is 2.19. The summed E-state index contributed by atoms with van der Waals surface area (Å²) >= 11 is 2.02. The smallest absolute Gasteiger partial charge is 0.323 e. The van der Waals surface area contributed by atoms with Crippen LogP contribution in [0.25, 0.3) is 0 Å². The third-order valence-corrected chi connectivity index (χ3v) is 1.06. The molecule has 8 heavy (non-hydrogen) atoms. The van der Waals surface area contributed by atoms with Gasteiger partial charge in [-0.3, -0.25) is 0 Å². The second-order valence-corrected chi connectivity index (χ2v) is 2.06. The fraction of sp³-hybridized carbons (Fsp3) is 1.00. The van der Waals surface area contributed by atoms with E-state index in [1.165, 1.54) is 11.0 Å². The lowest BCUT2D eigenvalue weighted by Gasteiger charge is -1.59. The van der Waals surface area contributed by atoms with Gasteiger partial charge in [-0.25, -0.2) is 0 Å². The molecule has 0 spiro atoms. The van der Waals surface area contributed by atoms with Gasteiger partial charge in [0.1, 0.15) is 0 Å². The van der Waals surface area contributed by atoms with E-state index in [1.54, 1.807) is 0 Å². The zero-order chi connectivity index (χ0) is 6.12. The van der Waals surface area contributed by atoms with Crippen LogP contribution in [0.1, 0.15) is 13.3 Å². The minimum absolute atomic E-state index is 0.